The Hall–Kier alpha value is -3.15. The average molecular weight is 350 g/mol. The van der Waals surface area contributed by atoms with Gasteiger partial charge in [-0.3, -0.25) is 9.59 Å². The minimum Gasteiger partial charge on any atom is -0.447 e. The van der Waals surface area contributed by atoms with Gasteiger partial charge in [0.1, 0.15) is 5.69 Å². The summed E-state index contributed by atoms with van der Waals surface area (Å²) in [6.45, 7) is 0. The molecule has 4 rings (SSSR count). The zero-order chi connectivity index (χ0) is 17.9. The Morgan fingerprint density at radius 1 is 1.12 bits per heavy atom. The van der Waals surface area contributed by atoms with E-state index in [1.165, 1.54) is 0 Å². The molecule has 26 heavy (non-hydrogen) atoms. The number of esters is 1. The number of hydrogen-bond acceptors (Lipinski definition) is 5. The Bertz CT molecular complexity index is 931. The summed E-state index contributed by atoms with van der Waals surface area (Å²) in [6.07, 6.45) is 0.900. The lowest BCUT2D eigenvalue weighted by Crippen LogP contribution is -2.33. The van der Waals surface area contributed by atoms with Gasteiger partial charge in [0.05, 0.1) is 6.42 Å². The van der Waals surface area contributed by atoms with Crippen LogP contribution in [0.3, 0.4) is 0 Å². The van der Waals surface area contributed by atoms with Gasteiger partial charge in [-0.15, -0.1) is 0 Å². The molecule has 0 aliphatic heterocycles. The van der Waals surface area contributed by atoms with Crippen LogP contribution in [0, 0.1) is 0 Å². The number of para-hydroxylation sites is 1. The van der Waals surface area contributed by atoms with Crippen molar-refractivity contribution in [1.82, 2.24) is 10.5 Å². The van der Waals surface area contributed by atoms with Crippen molar-refractivity contribution >= 4 is 22.8 Å². The molecular weight excluding hydrogens is 332 g/mol. The minimum atomic E-state index is -0.970. The monoisotopic (exact) mass is 350 g/mol. The Balaban J connectivity index is 1.51. The molecule has 0 saturated heterocycles. The van der Waals surface area contributed by atoms with Gasteiger partial charge < -0.3 is 14.6 Å². The van der Waals surface area contributed by atoms with Gasteiger partial charge in [-0.05, 0) is 25.0 Å². The van der Waals surface area contributed by atoms with Crippen LogP contribution >= 0.6 is 0 Å². The Morgan fingerprint density at radius 3 is 2.62 bits per heavy atom. The summed E-state index contributed by atoms with van der Waals surface area (Å²) in [5, 5.41) is 7.60. The van der Waals surface area contributed by atoms with Crippen LogP contribution in [-0.2, 0) is 20.7 Å². The first-order valence-electron chi connectivity index (χ1n) is 8.59. The third-order valence-corrected chi connectivity index (χ3v) is 4.28. The van der Waals surface area contributed by atoms with Gasteiger partial charge >= 0.3 is 5.97 Å². The fraction of sp³-hybridized carbons (Fsp3) is 0.250. The molecule has 132 valence electrons. The highest BCUT2D eigenvalue weighted by Gasteiger charge is 2.31. The highest BCUT2D eigenvalue weighted by atomic mass is 16.5. The molecule has 1 aliphatic carbocycles. The van der Waals surface area contributed by atoms with E-state index in [1.807, 2.05) is 36.4 Å². The Morgan fingerprint density at radius 2 is 1.85 bits per heavy atom. The van der Waals surface area contributed by atoms with Crippen molar-refractivity contribution in [3.63, 3.8) is 0 Å². The molecule has 0 unspecified atom stereocenters. The van der Waals surface area contributed by atoms with Crippen molar-refractivity contribution in [2.75, 3.05) is 0 Å². The van der Waals surface area contributed by atoms with Gasteiger partial charge in [-0.1, -0.05) is 47.6 Å². The predicted molar refractivity (Wildman–Crippen MR) is 94.2 cm³/mol. The summed E-state index contributed by atoms with van der Waals surface area (Å²) in [6, 6.07) is 16.5. The van der Waals surface area contributed by atoms with Crippen molar-refractivity contribution in [2.24, 2.45) is 0 Å². The molecule has 0 bridgehead atoms. The second kappa shape index (κ2) is 7.00. The van der Waals surface area contributed by atoms with Crippen molar-refractivity contribution in [3.8, 4) is 0 Å². The number of benzene rings is 2. The molecule has 6 heteroatoms. The highest BCUT2D eigenvalue weighted by molar-refractivity contribution is 5.87. The Kier molecular flexibility index (Phi) is 4.39. The molecular formula is C20H18N2O4. The van der Waals surface area contributed by atoms with E-state index in [0.717, 1.165) is 18.2 Å². The summed E-state index contributed by atoms with van der Waals surface area (Å²) in [4.78, 5) is 25.0. The number of carbonyl (C=O) groups is 2. The number of aromatic nitrogens is 1. The number of hydrogen-bond donors (Lipinski definition) is 1. The largest absolute Gasteiger partial charge is 0.447 e. The van der Waals surface area contributed by atoms with E-state index in [9.17, 15) is 9.59 Å². The van der Waals surface area contributed by atoms with E-state index >= 15 is 0 Å². The van der Waals surface area contributed by atoms with Gasteiger partial charge in [-0.25, -0.2) is 0 Å². The van der Waals surface area contributed by atoms with Crippen LogP contribution in [0.15, 0.2) is 59.1 Å². The average Bonchev–Trinajstić information content (AvgIpc) is 3.39. The van der Waals surface area contributed by atoms with Crippen LogP contribution in [0.4, 0.5) is 0 Å². The van der Waals surface area contributed by atoms with Crippen molar-refractivity contribution in [3.05, 3.63) is 65.9 Å². The van der Waals surface area contributed by atoms with Crippen LogP contribution in [-0.4, -0.2) is 23.1 Å². The van der Waals surface area contributed by atoms with Crippen LogP contribution in [0.2, 0.25) is 0 Å². The lowest BCUT2D eigenvalue weighted by atomic mass is 10.1. The van der Waals surface area contributed by atoms with E-state index in [2.05, 4.69) is 10.5 Å². The second-order valence-corrected chi connectivity index (χ2v) is 6.37. The van der Waals surface area contributed by atoms with Gasteiger partial charge in [0.15, 0.2) is 5.58 Å². The molecule has 0 spiro atoms. The minimum absolute atomic E-state index is 0.0585. The highest BCUT2D eigenvalue weighted by Crippen LogP contribution is 2.24. The molecule has 6 nitrogen and oxygen atoms in total. The topological polar surface area (TPSA) is 81.4 Å². The molecule has 2 aromatic carbocycles. The maximum atomic E-state index is 12.5. The summed E-state index contributed by atoms with van der Waals surface area (Å²) in [5.41, 5.74) is 1.76. The summed E-state index contributed by atoms with van der Waals surface area (Å²) < 4.78 is 10.7. The molecule has 1 aromatic heterocycles. The third kappa shape index (κ3) is 3.59. The van der Waals surface area contributed by atoms with Crippen LogP contribution in [0.1, 0.15) is 30.2 Å². The number of rotatable bonds is 6. The third-order valence-electron chi connectivity index (χ3n) is 4.28. The summed E-state index contributed by atoms with van der Waals surface area (Å²) in [7, 11) is 0. The van der Waals surface area contributed by atoms with Gasteiger partial charge in [-0.2, -0.15) is 0 Å². The van der Waals surface area contributed by atoms with Crippen LogP contribution < -0.4 is 5.32 Å². The van der Waals surface area contributed by atoms with Crippen LogP contribution in [0.5, 0.6) is 0 Å². The molecule has 1 N–H and O–H groups in total. The van der Waals surface area contributed by atoms with E-state index in [4.69, 9.17) is 9.26 Å². The standard InChI is InChI=1S/C20H18N2O4/c23-18(12-16-15-8-4-5-9-17(15)26-22-16)25-19(13-6-2-1-3-7-13)20(24)21-14-10-11-14/h1-9,14,19H,10-12H2,(H,21,24)/t19-/m1/s1. The van der Waals surface area contributed by atoms with E-state index in [-0.39, 0.29) is 18.4 Å². The number of nitrogens with zero attached hydrogens (tertiary/aromatic N) is 1. The van der Waals surface area contributed by atoms with Crippen molar-refractivity contribution < 1.29 is 18.8 Å². The van der Waals surface area contributed by atoms with Crippen molar-refractivity contribution in [2.45, 2.75) is 31.4 Å². The molecule has 1 heterocycles. The maximum absolute atomic E-state index is 12.5. The smallest absolute Gasteiger partial charge is 0.313 e. The maximum Gasteiger partial charge on any atom is 0.313 e. The molecule has 1 fully saturated rings. The van der Waals surface area contributed by atoms with E-state index in [0.29, 0.717) is 16.8 Å². The van der Waals surface area contributed by atoms with E-state index < -0.39 is 12.1 Å². The van der Waals surface area contributed by atoms with Gasteiger partial charge in [0.25, 0.3) is 5.91 Å². The van der Waals surface area contributed by atoms with E-state index in [1.54, 1.807) is 18.2 Å². The normalized spacial score (nSPS) is 14.8. The summed E-state index contributed by atoms with van der Waals surface area (Å²) in [5.74, 6) is -0.819. The molecule has 1 amide bonds. The Labute approximate surface area is 150 Å². The zero-order valence-electron chi connectivity index (χ0n) is 14.1. The summed E-state index contributed by atoms with van der Waals surface area (Å²) >= 11 is 0. The first-order chi connectivity index (χ1) is 12.7. The predicted octanol–water partition coefficient (Wildman–Crippen LogP) is 2.93. The van der Waals surface area contributed by atoms with Gasteiger partial charge in [0.2, 0.25) is 6.10 Å². The lowest BCUT2D eigenvalue weighted by molar-refractivity contribution is -0.156. The molecule has 3 aromatic rings. The number of carbonyl (C=O) groups excluding carboxylic acids is 2. The number of amides is 1. The number of fused-ring (bicyclic) bond motifs is 1. The fourth-order valence-electron chi connectivity index (χ4n) is 2.78. The second-order valence-electron chi connectivity index (χ2n) is 6.37. The van der Waals surface area contributed by atoms with Crippen LogP contribution in [0.25, 0.3) is 11.0 Å². The van der Waals surface area contributed by atoms with Gasteiger partial charge in [0, 0.05) is 17.0 Å². The first kappa shape index (κ1) is 16.3. The first-order valence-corrected chi connectivity index (χ1v) is 8.59. The SMILES string of the molecule is O=C(Cc1noc2ccccc12)O[C@@H](C(=O)NC1CC1)c1ccccc1. The number of ether oxygens (including phenoxy) is 1. The lowest BCUT2D eigenvalue weighted by Gasteiger charge is -2.17. The fourth-order valence-corrected chi connectivity index (χ4v) is 2.78. The quantitative estimate of drug-likeness (QED) is 0.691. The zero-order valence-corrected chi connectivity index (χ0v) is 14.1. The molecule has 0 radical (unpaired) electrons. The van der Waals surface area contributed by atoms with Crippen molar-refractivity contribution in [1.29, 1.82) is 0 Å². The number of nitrogens with one attached hydrogen (secondary N) is 1. The molecule has 1 saturated carbocycles. The molecule has 1 atom stereocenters. The molecule has 1 aliphatic rings.